The number of benzene rings is 2. The van der Waals surface area contributed by atoms with Crippen LogP contribution >= 0.6 is 23.4 Å². The number of hydrogen-bond acceptors (Lipinski definition) is 3. The summed E-state index contributed by atoms with van der Waals surface area (Å²) in [7, 11) is -3.61. The van der Waals surface area contributed by atoms with Crippen LogP contribution in [-0.4, -0.2) is 25.6 Å². The molecular weight excluding hydrogens is 350 g/mol. The molecule has 2 aromatic rings. The number of hydrogen-bond donors (Lipinski definition) is 0. The van der Waals surface area contributed by atoms with Crippen molar-refractivity contribution < 1.29 is 8.42 Å². The average molecular weight is 368 g/mol. The molecule has 0 radical (unpaired) electrons. The first-order valence-electron chi connectivity index (χ1n) is 7.29. The van der Waals surface area contributed by atoms with E-state index in [9.17, 15) is 8.42 Å². The van der Waals surface area contributed by atoms with Crippen LogP contribution in [0.25, 0.3) is 0 Å². The minimum Gasteiger partial charge on any atom is -0.264 e. The maximum absolute atomic E-state index is 13.1. The molecule has 1 aliphatic heterocycles. The van der Waals surface area contributed by atoms with Gasteiger partial charge in [0.2, 0.25) is 0 Å². The van der Waals surface area contributed by atoms with Gasteiger partial charge in [-0.15, -0.1) is 23.4 Å². The second kappa shape index (κ2) is 6.04. The summed E-state index contributed by atoms with van der Waals surface area (Å²) >= 11 is 7.77. The van der Waals surface area contributed by atoms with Crippen LogP contribution < -0.4 is 4.31 Å². The van der Waals surface area contributed by atoms with Crippen molar-refractivity contribution in [1.29, 1.82) is 0 Å². The highest BCUT2D eigenvalue weighted by Crippen LogP contribution is 2.46. The molecule has 0 fully saturated rings. The topological polar surface area (TPSA) is 37.4 Å². The highest BCUT2D eigenvalue weighted by Gasteiger charge is 2.39. The fourth-order valence-electron chi connectivity index (χ4n) is 2.56. The van der Waals surface area contributed by atoms with E-state index in [4.69, 9.17) is 11.6 Å². The molecule has 3 rings (SSSR count). The van der Waals surface area contributed by atoms with Crippen molar-refractivity contribution in [3.63, 3.8) is 0 Å². The van der Waals surface area contributed by atoms with Gasteiger partial charge in [-0.25, -0.2) is 8.42 Å². The summed E-state index contributed by atoms with van der Waals surface area (Å²) in [4.78, 5) is 1.25. The molecule has 0 saturated heterocycles. The van der Waals surface area contributed by atoms with Crippen LogP contribution in [0.2, 0.25) is 0 Å². The number of rotatable bonds is 3. The minimum atomic E-state index is -3.61. The molecule has 23 heavy (non-hydrogen) atoms. The van der Waals surface area contributed by atoms with Crippen molar-refractivity contribution >= 4 is 39.1 Å². The Bertz CT molecular complexity index is 821. The van der Waals surface area contributed by atoms with Crippen LogP contribution in [0.15, 0.2) is 58.3 Å². The molecule has 0 aromatic heterocycles. The van der Waals surface area contributed by atoms with Gasteiger partial charge < -0.3 is 0 Å². The SMILES string of the molecule is Cc1ccc(S(=O)(=O)N2C[C@](C)(CCl)Sc3ccccc32)cc1. The summed E-state index contributed by atoms with van der Waals surface area (Å²) in [5, 5.41) is 0. The van der Waals surface area contributed by atoms with Gasteiger partial charge in [0.15, 0.2) is 0 Å². The number of para-hydroxylation sites is 1. The Morgan fingerprint density at radius 2 is 1.83 bits per heavy atom. The molecule has 6 heteroatoms. The normalized spacial score (nSPS) is 21.1. The fraction of sp³-hybridized carbons (Fsp3) is 0.294. The molecule has 0 unspecified atom stereocenters. The van der Waals surface area contributed by atoms with Gasteiger partial charge in [-0.1, -0.05) is 29.8 Å². The van der Waals surface area contributed by atoms with Crippen molar-refractivity contribution in [3.05, 3.63) is 54.1 Å². The molecule has 0 aliphatic carbocycles. The van der Waals surface area contributed by atoms with Crippen LogP contribution in [0.1, 0.15) is 12.5 Å². The smallest absolute Gasteiger partial charge is 0.264 e. The molecule has 0 amide bonds. The Balaban J connectivity index is 2.12. The van der Waals surface area contributed by atoms with Gasteiger partial charge >= 0.3 is 0 Å². The molecular formula is C17H18ClNO2S2. The Morgan fingerprint density at radius 1 is 1.17 bits per heavy atom. The predicted molar refractivity (Wildman–Crippen MR) is 97.1 cm³/mol. The van der Waals surface area contributed by atoms with Gasteiger partial charge in [-0.05, 0) is 38.1 Å². The number of sulfonamides is 1. The Kier molecular flexibility index (Phi) is 4.38. The molecule has 1 aliphatic rings. The van der Waals surface area contributed by atoms with Gasteiger partial charge in [-0.3, -0.25) is 4.31 Å². The summed E-state index contributed by atoms with van der Waals surface area (Å²) < 4.78 is 27.4. The maximum atomic E-state index is 13.1. The molecule has 0 N–H and O–H groups in total. The van der Waals surface area contributed by atoms with Gasteiger partial charge in [0, 0.05) is 10.8 Å². The van der Waals surface area contributed by atoms with Crippen molar-refractivity contribution in [2.75, 3.05) is 16.7 Å². The average Bonchev–Trinajstić information content (AvgIpc) is 2.54. The first kappa shape index (κ1) is 16.7. The number of fused-ring (bicyclic) bond motifs is 1. The van der Waals surface area contributed by atoms with Crippen LogP contribution in [0.3, 0.4) is 0 Å². The Labute approximate surface area is 146 Å². The van der Waals surface area contributed by atoms with E-state index in [1.807, 2.05) is 50.2 Å². The highest BCUT2D eigenvalue weighted by molar-refractivity contribution is 8.01. The lowest BCUT2D eigenvalue weighted by Crippen LogP contribution is -2.46. The van der Waals surface area contributed by atoms with Gasteiger partial charge in [0.1, 0.15) is 0 Å². The number of alkyl halides is 1. The van der Waals surface area contributed by atoms with E-state index < -0.39 is 10.0 Å². The van der Waals surface area contributed by atoms with Crippen LogP contribution in [0, 0.1) is 6.92 Å². The first-order chi connectivity index (χ1) is 10.9. The summed E-state index contributed by atoms with van der Waals surface area (Å²) in [6.45, 7) is 4.29. The van der Waals surface area contributed by atoms with Gasteiger partial charge in [-0.2, -0.15) is 0 Å². The van der Waals surface area contributed by atoms with Crippen molar-refractivity contribution in [1.82, 2.24) is 0 Å². The molecule has 0 spiro atoms. The molecule has 0 bridgehead atoms. The predicted octanol–water partition coefficient (Wildman–Crippen LogP) is 4.29. The summed E-state index contributed by atoms with van der Waals surface area (Å²) in [6, 6.07) is 14.5. The number of halogens is 1. The minimum absolute atomic E-state index is 0.307. The van der Waals surface area contributed by atoms with E-state index in [0.29, 0.717) is 17.3 Å². The second-order valence-corrected chi connectivity index (χ2v) is 9.74. The van der Waals surface area contributed by atoms with Crippen LogP contribution in [-0.2, 0) is 10.0 Å². The largest absolute Gasteiger partial charge is 0.264 e. The monoisotopic (exact) mass is 367 g/mol. The fourth-order valence-corrected chi connectivity index (χ4v) is 5.76. The Hall–Kier alpha value is -1.17. The summed E-state index contributed by atoms with van der Waals surface area (Å²) in [6.07, 6.45) is 0. The van der Waals surface area contributed by atoms with Crippen molar-refractivity contribution in [2.45, 2.75) is 28.4 Å². The van der Waals surface area contributed by atoms with Crippen molar-refractivity contribution in [2.24, 2.45) is 0 Å². The van der Waals surface area contributed by atoms with E-state index in [0.717, 1.165) is 16.1 Å². The molecule has 3 nitrogen and oxygen atoms in total. The summed E-state index contributed by atoms with van der Waals surface area (Å²) in [5.74, 6) is 0.381. The van der Waals surface area contributed by atoms with Gasteiger partial charge in [0.05, 0.1) is 21.9 Å². The van der Waals surface area contributed by atoms with Crippen LogP contribution in [0.5, 0.6) is 0 Å². The number of aryl methyl sites for hydroxylation is 1. The van der Waals surface area contributed by atoms with E-state index >= 15 is 0 Å². The quantitative estimate of drug-likeness (QED) is 0.759. The lowest BCUT2D eigenvalue weighted by molar-refractivity contribution is 0.582. The maximum Gasteiger partial charge on any atom is 0.264 e. The highest BCUT2D eigenvalue weighted by atomic mass is 35.5. The van der Waals surface area contributed by atoms with E-state index in [-0.39, 0.29) is 4.75 Å². The summed E-state index contributed by atoms with van der Waals surface area (Å²) in [5.41, 5.74) is 1.75. The number of anilines is 1. The van der Waals surface area contributed by atoms with Crippen molar-refractivity contribution in [3.8, 4) is 0 Å². The van der Waals surface area contributed by atoms with E-state index in [1.54, 1.807) is 23.9 Å². The van der Waals surface area contributed by atoms with Crippen LogP contribution in [0.4, 0.5) is 5.69 Å². The molecule has 122 valence electrons. The zero-order chi connectivity index (χ0) is 16.7. The standard InChI is InChI=1S/C17H18ClNO2S2/c1-13-7-9-14(10-8-13)23(20,21)19-12-17(2,11-18)22-16-6-4-3-5-15(16)19/h3-10H,11-12H2,1-2H3/t17-/m0/s1. The zero-order valence-electron chi connectivity index (χ0n) is 13.0. The second-order valence-electron chi connectivity index (χ2n) is 5.98. The molecule has 1 heterocycles. The number of nitrogens with zero attached hydrogens (tertiary/aromatic N) is 1. The first-order valence-corrected chi connectivity index (χ1v) is 10.1. The van der Waals surface area contributed by atoms with E-state index in [2.05, 4.69) is 0 Å². The molecule has 2 aromatic carbocycles. The molecule has 1 atom stereocenters. The Morgan fingerprint density at radius 3 is 2.48 bits per heavy atom. The lowest BCUT2D eigenvalue weighted by atomic mass is 10.2. The lowest BCUT2D eigenvalue weighted by Gasteiger charge is -2.40. The third kappa shape index (κ3) is 3.10. The zero-order valence-corrected chi connectivity index (χ0v) is 15.4. The third-order valence-corrected chi connectivity index (χ3v) is 7.71. The van der Waals surface area contributed by atoms with Gasteiger partial charge in [0.25, 0.3) is 10.0 Å². The number of thioether (sulfide) groups is 1. The molecule has 0 saturated carbocycles. The van der Waals surface area contributed by atoms with E-state index in [1.165, 1.54) is 4.31 Å². The third-order valence-electron chi connectivity index (χ3n) is 3.86.